The van der Waals surface area contributed by atoms with Gasteiger partial charge < -0.3 is 10.8 Å². The molecule has 0 aromatic heterocycles. The molecule has 3 N–H and O–H groups in total. The Bertz CT molecular complexity index is 384. The van der Waals surface area contributed by atoms with Gasteiger partial charge in [-0.15, -0.1) is 0 Å². The Morgan fingerprint density at radius 1 is 1.50 bits per heavy atom. The number of benzene rings is 1. The van der Waals surface area contributed by atoms with E-state index >= 15 is 0 Å². The van der Waals surface area contributed by atoms with E-state index in [9.17, 15) is 5.11 Å². The lowest BCUT2D eigenvalue weighted by Gasteiger charge is -2.40. The minimum Gasteiger partial charge on any atom is -0.508 e. The van der Waals surface area contributed by atoms with E-state index in [2.05, 4.69) is 19.9 Å². The number of aromatic hydroxyl groups is 1. The third-order valence-corrected chi connectivity index (χ3v) is 3.81. The second-order valence-corrected chi connectivity index (χ2v) is 5.23. The molecule has 0 amide bonds. The van der Waals surface area contributed by atoms with E-state index in [1.54, 1.807) is 6.07 Å². The number of hydrogen-bond acceptors (Lipinski definition) is 2. The van der Waals surface area contributed by atoms with Gasteiger partial charge in [0.15, 0.2) is 0 Å². The average Bonchev–Trinajstić information content (AvgIpc) is 2.23. The first-order valence-corrected chi connectivity index (χ1v) is 6.15. The second-order valence-electron chi connectivity index (χ2n) is 5.23. The molecule has 2 heteroatoms. The standard InChI is InChI=1S/C14H21NO/c1-3-4-13-12-6-5-11(16)9-10(12)7-8-14(13,2)15/h5-6,9,13,16H,3-4,7-8,15H2,1-2H3. The van der Waals surface area contributed by atoms with Gasteiger partial charge in [-0.25, -0.2) is 0 Å². The van der Waals surface area contributed by atoms with Gasteiger partial charge in [0.05, 0.1) is 0 Å². The zero-order valence-corrected chi connectivity index (χ0v) is 10.2. The van der Waals surface area contributed by atoms with Crippen LogP contribution in [0.4, 0.5) is 0 Å². The van der Waals surface area contributed by atoms with Crippen LogP contribution < -0.4 is 5.73 Å². The molecule has 88 valence electrons. The minimum absolute atomic E-state index is 0.0972. The smallest absolute Gasteiger partial charge is 0.115 e. The molecule has 1 aliphatic carbocycles. The van der Waals surface area contributed by atoms with E-state index in [4.69, 9.17) is 5.73 Å². The molecule has 2 atom stereocenters. The largest absolute Gasteiger partial charge is 0.508 e. The van der Waals surface area contributed by atoms with Gasteiger partial charge in [0, 0.05) is 11.5 Å². The molecule has 1 aromatic rings. The number of nitrogens with two attached hydrogens (primary N) is 1. The number of phenols is 1. The molecule has 1 aliphatic rings. The van der Waals surface area contributed by atoms with E-state index in [1.165, 1.54) is 11.1 Å². The summed E-state index contributed by atoms with van der Waals surface area (Å²) < 4.78 is 0. The normalized spacial score (nSPS) is 28.8. The zero-order valence-electron chi connectivity index (χ0n) is 10.2. The van der Waals surface area contributed by atoms with Crippen molar-refractivity contribution >= 4 is 0 Å². The van der Waals surface area contributed by atoms with E-state index in [0.29, 0.717) is 11.7 Å². The van der Waals surface area contributed by atoms with Crippen molar-refractivity contribution in [3.8, 4) is 5.75 Å². The fourth-order valence-electron chi connectivity index (χ4n) is 2.86. The molecular formula is C14H21NO. The predicted octanol–water partition coefficient (Wildman–Crippen LogP) is 2.94. The molecule has 2 nitrogen and oxygen atoms in total. The molecule has 0 saturated carbocycles. The summed E-state index contributed by atoms with van der Waals surface area (Å²) in [6, 6.07) is 5.73. The van der Waals surface area contributed by atoms with Gasteiger partial charge in [-0.3, -0.25) is 0 Å². The fraction of sp³-hybridized carbons (Fsp3) is 0.571. The highest BCUT2D eigenvalue weighted by Crippen LogP contribution is 2.41. The van der Waals surface area contributed by atoms with Gasteiger partial charge in [-0.2, -0.15) is 0 Å². The quantitative estimate of drug-likeness (QED) is 0.803. The fourth-order valence-corrected chi connectivity index (χ4v) is 2.86. The SMILES string of the molecule is CCCC1c2ccc(O)cc2CCC1(C)N. The number of aryl methyl sites for hydroxylation is 1. The van der Waals surface area contributed by atoms with Crippen LogP contribution in [0.15, 0.2) is 18.2 Å². The van der Waals surface area contributed by atoms with E-state index < -0.39 is 0 Å². The van der Waals surface area contributed by atoms with Crippen LogP contribution in [0.3, 0.4) is 0 Å². The Kier molecular flexibility index (Phi) is 2.94. The maximum Gasteiger partial charge on any atom is 0.115 e. The van der Waals surface area contributed by atoms with Crippen molar-refractivity contribution in [2.45, 2.75) is 51.0 Å². The van der Waals surface area contributed by atoms with Crippen LogP contribution in [0.2, 0.25) is 0 Å². The number of rotatable bonds is 2. The van der Waals surface area contributed by atoms with Crippen molar-refractivity contribution in [1.29, 1.82) is 0 Å². The first-order chi connectivity index (χ1) is 7.54. The van der Waals surface area contributed by atoms with Gasteiger partial charge in [0.25, 0.3) is 0 Å². The third kappa shape index (κ3) is 1.94. The van der Waals surface area contributed by atoms with Gasteiger partial charge in [0.1, 0.15) is 5.75 Å². The minimum atomic E-state index is -0.0972. The van der Waals surface area contributed by atoms with Crippen LogP contribution in [0, 0.1) is 0 Å². The summed E-state index contributed by atoms with van der Waals surface area (Å²) in [5, 5.41) is 9.50. The Balaban J connectivity index is 2.41. The first kappa shape index (κ1) is 11.5. The summed E-state index contributed by atoms with van der Waals surface area (Å²) in [6.45, 7) is 4.36. The lowest BCUT2D eigenvalue weighted by atomic mass is 9.69. The average molecular weight is 219 g/mol. The molecule has 0 radical (unpaired) electrons. The zero-order chi connectivity index (χ0) is 11.8. The molecule has 2 unspecified atom stereocenters. The molecule has 16 heavy (non-hydrogen) atoms. The van der Waals surface area contributed by atoms with Gasteiger partial charge in [0.2, 0.25) is 0 Å². The van der Waals surface area contributed by atoms with Crippen molar-refractivity contribution in [2.24, 2.45) is 5.73 Å². The summed E-state index contributed by atoms with van der Waals surface area (Å²) in [5.41, 5.74) is 8.92. The monoisotopic (exact) mass is 219 g/mol. The summed E-state index contributed by atoms with van der Waals surface area (Å²) in [6.07, 6.45) is 4.27. The van der Waals surface area contributed by atoms with Crippen LogP contribution in [-0.2, 0) is 6.42 Å². The lowest BCUT2D eigenvalue weighted by Crippen LogP contribution is -2.45. The third-order valence-electron chi connectivity index (χ3n) is 3.81. The molecule has 0 bridgehead atoms. The number of fused-ring (bicyclic) bond motifs is 1. The van der Waals surface area contributed by atoms with Crippen molar-refractivity contribution in [3.05, 3.63) is 29.3 Å². The summed E-state index contributed by atoms with van der Waals surface area (Å²) >= 11 is 0. The van der Waals surface area contributed by atoms with Gasteiger partial charge in [-0.1, -0.05) is 19.4 Å². The highest BCUT2D eigenvalue weighted by Gasteiger charge is 2.35. The first-order valence-electron chi connectivity index (χ1n) is 6.15. The van der Waals surface area contributed by atoms with E-state index in [-0.39, 0.29) is 5.54 Å². The van der Waals surface area contributed by atoms with Crippen LogP contribution in [0.5, 0.6) is 5.75 Å². The molecular weight excluding hydrogens is 198 g/mol. The molecule has 0 heterocycles. The molecule has 1 aromatic carbocycles. The highest BCUT2D eigenvalue weighted by atomic mass is 16.3. The molecule has 2 rings (SSSR count). The summed E-state index contributed by atoms with van der Waals surface area (Å²) in [4.78, 5) is 0. The predicted molar refractivity (Wildman–Crippen MR) is 66.7 cm³/mol. The van der Waals surface area contributed by atoms with Crippen molar-refractivity contribution < 1.29 is 5.11 Å². The van der Waals surface area contributed by atoms with Crippen LogP contribution >= 0.6 is 0 Å². The Hall–Kier alpha value is -1.02. The molecule has 0 fully saturated rings. The second kappa shape index (κ2) is 4.10. The van der Waals surface area contributed by atoms with Gasteiger partial charge in [-0.05, 0) is 49.4 Å². The summed E-state index contributed by atoms with van der Waals surface area (Å²) in [7, 11) is 0. The van der Waals surface area contributed by atoms with Crippen molar-refractivity contribution in [3.63, 3.8) is 0 Å². The van der Waals surface area contributed by atoms with Crippen LogP contribution in [-0.4, -0.2) is 10.6 Å². The van der Waals surface area contributed by atoms with E-state index in [1.807, 2.05) is 6.07 Å². The lowest BCUT2D eigenvalue weighted by molar-refractivity contribution is 0.313. The number of hydrogen-bond donors (Lipinski definition) is 2. The van der Waals surface area contributed by atoms with E-state index in [0.717, 1.165) is 25.7 Å². The Labute approximate surface area is 97.5 Å². The number of phenolic OH excluding ortho intramolecular Hbond substituents is 1. The van der Waals surface area contributed by atoms with Crippen molar-refractivity contribution in [1.82, 2.24) is 0 Å². The van der Waals surface area contributed by atoms with Crippen LogP contribution in [0.1, 0.15) is 50.2 Å². The van der Waals surface area contributed by atoms with Crippen molar-refractivity contribution in [2.75, 3.05) is 0 Å². The van der Waals surface area contributed by atoms with Crippen LogP contribution in [0.25, 0.3) is 0 Å². The molecule has 0 saturated heterocycles. The maximum absolute atomic E-state index is 9.50. The molecule has 0 spiro atoms. The summed E-state index contributed by atoms with van der Waals surface area (Å²) in [5.74, 6) is 0.802. The Morgan fingerprint density at radius 2 is 2.25 bits per heavy atom. The maximum atomic E-state index is 9.50. The van der Waals surface area contributed by atoms with Gasteiger partial charge >= 0.3 is 0 Å². The molecule has 0 aliphatic heterocycles. The highest BCUT2D eigenvalue weighted by molar-refractivity contribution is 5.41. The topological polar surface area (TPSA) is 46.2 Å². The Morgan fingerprint density at radius 3 is 2.94 bits per heavy atom.